The lowest BCUT2D eigenvalue weighted by Crippen LogP contribution is -2.32. The van der Waals surface area contributed by atoms with Gasteiger partial charge in [0.1, 0.15) is 0 Å². The number of aliphatic hydroxyl groups excluding tert-OH is 1. The van der Waals surface area contributed by atoms with Gasteiger partial charge in [0.25, 0.3) is 0 Å². The second-order valence-corrected chi connectivity index (χ2v) is 4.97. The Balaban J connectivity index is 0.00000225. The van der Waals surface area contributed by atoms with Crippen molar-refractivity contribution in [2.24, 2.45) is 11.1 Å². The first-order valence-electron chi connectivity index (χ1n) is 5.32. The lowest BCUT2D eigenvalue weighted by atomic mass is 9.81. The number of hydrogen-bond donors (Lipinski definition) is 2. The number of aryl methyl sites for hydroxylation is 2. The molecule has 0 radical (unpaired) electrons. The fourth-order valence-corrected chi connectivity index (χ4v) is 1.51. The Kier molecular flexibility index (Phi) is 5.47. The molecule has 0 aromatic heterocycles. The average Bonchev–Trinajstić information content (AvgIpc) is 2.21. The molecule has 0 bridgehead atoms. The van der Waals surface area contributed by atoms with Gasteiger partial charge in [-0.15, -0.1) is 12.4 Å². The number of halogens is 1. The van der Waals surface area contributed by atoms with E-state index in [-0.39, 0.29) is 30.5 Å². The molecular weight excluding hydrogens is 222 g/mol. The van der Waals surface area contributed by atoms with Crippen LogP contribution >= 0.6 is 12.4 Å². The molecule has 3 heteroatoms. The lowest BCUT2D eigenvalue weighted by Gasteiger charge is -2.30. The molecule has 0 aliphatic heterocycles. The highest BCUT2D eigenvalue weighted by Gasteiger charge is 2.26. The Morgan fingerprint density at radius 1 is 1.25 bits per heavy atom. The van der Waals surface area contributed by atoms with Crippen LogP contribution in [0.4, 0.5) is 0 Å². The predicted molar refractivity (Wildman–Crippen MR) is 71.0 cm³/mol. The van der Waals surface area contributed by atoms with Crippen LogP contribution in [0, 0.1) is 19.3 Å². The van der Waals surface area contributed by atoms with Gasteiger partial charge in [0.2, 0.25) is 0 Å². The summed E-state index contributed by atoms with van der Waals surface area (Å²) in [5.74, 6) is 0. The van der Waals surface area contributed by atoms with Gasteiger partial charge in [-0.25, -0.2) is 0 Å². The molecule has 0 unspecified atom stereocenters. The molecule has 0 aliphatic carbocycles. The van der Waals surface area contributed by atoms with Gasteiger partial charge in [-0.2, -0.15) is 0 Å². The van der Waals surface area contributed by atoms with E-state index in [1.165, 1.54) is 11.1 Å². The van der Waals surface area contributed by atoms with E-state index in [0.29, 0.717) is 0 Å². The fourth-order valence-electron chi connectivity index (χ4n) is 1.51. The molecule has 0 spiro atoms. The summed E-state index contributed by atoms with van der Waals surface area (Å²) in [6.07, 6.45) is 0. The molecule has 1 rings (SSSR count). The van der Waals surface area contributed by atoms with Crippen molar-refractivity contribution in [2.75, 3.05) is 6.61 Å². The summed E-state index contributed by atoms with van der Waals surface area (Å²) in [4.78, 5) is 0. The maximum atomic E-state index is 9.27. The maximum Gasteiger partial charge on any atom is 0.0500 e. The molecule has 1 aromatic rings. The quantitative estimate of drug-likeness (QED) is 0.858. The standard InChI is InChI=1S/C13H21NO.ClH/c1-9-5-6-11(7-10(9)2)12(14)13(3,4)8-15;/h5-7,12,15H,8,14H2,1-4H3;1H/t12-;/m1./s1. The van der Waals surface area contributed by atoms with Crippen LogP contribution in [0.3, 0.4) is 0 Å². The van der Waals surface area contributed by atoms with Crippen LogP contribution in [0.1, 0.15) is 36.6 Å². The summed E-state index contributed by atoms with van der Waals surface area (Å²) in [6.45, 7) is 8.22. The van der Waals surface area contributed by atoms with E-state index in [1.807, 2.05) is 19.9 Å². The second kappa shape index (κ2) is 5.67. The van der Waals surface area contributed by atoms with Crippen molar-refractivity contribution in [3.05, 3.63) is 34.9 Å². The molecule has 92 valence electrons. The van der Waals surface area contributed by atoms with Crippen LogP contribution in [-0.2, 0) is 0 Å². The van der Waals surface area contributed by atoms with Gasteiger partial charge in [-0.05, 0) is 30.5 Å². The zero-order chi connectivity index (χ0) is 11.6. The summed E-state index contributed by atoms with van der Waals surface area (Å²) >= 11 is 0. The lowest BCUT2D eigenvalue weighted by molar-refractivity contribution is 0.132. The van der Waals surface area contributed by atoms with Crippen molar-refractivity contribution in [1.82, 2.24) is 0 Å². The molecule has 2 nitrogen and oxygen atoms in total. The first-order valence-corrected chi connectivity index (χ1v) is 5.32. The third-order valence-corrected chi connectivity index (χ3v) is 3.14. The number of hydrogen-bond acceptors (Lipinski definition) is 2. The van der Waals surface area contributed by atoms with Crippen LogP contribution in [-0.4, -0.2) is 11.7 Å². The van der Waals surface area contributed by atoms with Gasteiger partial charge in [-0.3, -0.25) is 0 Å². The minimum absolute atomic E-state index is 0. The van der Waals surface area contributed by atoms with E-state index in [2.05, 4.69) is 26.0 Å². The van der Waals surface area contributed by atoms with Crippen molar-refractivity contribution in [1.29, 1.82) is 0 Å². The van der Waals surface area contributed by atoms with E-state index >= 15 is 0 Å². The third-order valence-electron chi connectivity index (χ3n) is 3.14. The molecule has 0 saturated carbocycles. The van der Waals surface area contributed by atoms with Gasteiger partial charge < -0.3 is 10.8 Å². The van der Waals surface area contributed by atoms with Crippen molar-refractivity contribution >= 4 is 12.4 Å². The molecular formula is C13H22ClNO. The normalized spacial score (nSPS) is 13.1. The average molecular weight is 244 g/mol. The minimum Gasteiger partial charge on any atom is -0.396 e. The van der Waals surface area contributed by atoms with Crippen LogP contribution < -0.4 is 5.73 Å². The van der Waals surface area contributed by atoms with Gasteiger partial charge in [0.05, 0.1) is 0 Å². The summed E-state index contributed by atoms with van der Waals surface area (Å²) in [5, 5.41) is 9.27. The van der Waals surface area contributed by atoms with Crippen LogP contribution in [0.2, 0.25) is 0 Å². The molecule has 0 fully saturated rings. The van der Waals surface area contributed by atoms with Gasteiger partial charge in [0, 0.05) is 18.1 Å². The smallest absolute Gasteiger partial charge is 0.0500 e. The van der Waals surface area contributed by atoms with E-state index in [9.17, 15) is 5.11 Å². The Morgan fingerprint density at radius 3 is 2.25 bits per heavy atom. The van der Waals surface area contributed by atoms with Crippen LogP contribution in [0.5, 0.6) is 0 Å². The van der Waals surface area contributed by atoms with Crippen molar-refractivity contribution < 1.29 is 5.11 Å². The summed E-state index contributed by atoms with van der Waals surface area (Å²) in [7, 11) is 0. The van der Waals surface area contributed by atoms with Gasteiger partial charge in [0.15, 0.2) is 0 Å². The van der Waals surface area contributed by atoms with Crippen LogP contribution in [0.15, 0.2) is 18.2 Å². The molecule has 16 heavy (non-hydrogen) atoms. The molecule has 0 saturated heterocycles. The Hall–Kier alpha value is -0.570. The molecule has 1 aromatic carbocycles. The van der Waals surface area contributed by atoms with Crippen molar-refractivity contribution in [2.45, 2.75) is 33.7 Å². The summed E-state index contributed by atoms with van der Waals surface area (Å²) < 4.78 is 0. The molecule has 1 atom stereocenters. The van der Waals surface area contributed by atoms with E-state index < -0.39 is 0 Å². The second-order valence-electron chi connectivity index (χ2n) is 4.97. The monoisotopic (exact) mass is 243 g/mol. The molecule has 0 amide bonds. The van der Waals surface area contributed by atoms with Crippen LogP contribution in [0.25, 0.3) is 0 Å². The highest BCUT2D eigenvalue weighted by molar-refractivity contribution is 5.85. The highest BCUT2D eigenvalue weighted by atomic mass is 35.5. The van der Waals surface area contributed by atoms with Crippen molar-refractivity contribution in [3.63, 3.8) is 0 Å². The Bertz CT molecular complexity index is 350. The van der Waals surface area contributed by atoms with Crippen molar-refractivity contribution in [3.8, 4) is 0 Å². The van der Waals surface area contributed by atoms with E-state index in [4.69, 9.17) is 5.73 Å². The fraction of sp³-hybridized carbons (Fsp3) is 0.538. The summed E-state index contributed by atoms with van der Waals surface area (Å²) in [5.41, 5.74) is 9.48. The van der Waals surface area contributed by atoms with E-state index in [1.54, 1.807) is 0 Å². The van der Waals surface area contributed by atoms with Gasteiger partial charge in [-0.1, -0.05) is 32.0 Å². The SMILES string of the molecule is Cc1ccc([C@@H](N)C(C)(C)CO)cc1C.Cl. The maximum absolute atomic E-state index is 9.27. The summed E-state index contributed by atoms with van der Waals surface area (Å²) in [6, 6.07) is 6.11. The number of nitrogens with two attached hydrogens (primary N) is 1. The topological polar surface area (TPSA) is 46.2 Å². The molecule has 0 heterocycles. The first kappa shape index (κ1) is 15.4. The number of aliphatic hydroxyl groups is 1. The molecule has 3 N–H and O–H groups in total. The number of benzene rings is 1. The number of rotatable bonds is 3. The Morgan fingerprint density at radius 2 is 1.81 bits per heavy atom. The first-order chi connectivity index (χ1) is 6.88. The zero-order valence-electron chi connectivity index (χ0n) is 10.4. The largest absolute Gasteiger partial charge is 0.396 e. The predicted octanol–water partition coefficient (Wildman–Crippen LogP) is 2.74. The zero-order valence-corrected chi connectivity index (χ0v) is 11.3. The molecule has 0 aliphatic rings. The third kappa shape index (κ3) is 3.21. The van der Waals surface area contributed by atoms with Gasteiger partial charge >= 0.3 is 0 Å². The highest BCUT2D eigenvalue weighted by Crippen LogP contribution is 2.31. The minimum atomic E-state index is -0.276. The Labute approximate surface area is 104 Å². The van der Waals surface area contributed by atoms with E-state index in [0.717, 1.165) is 5.56 Å².